The predicted octanol–water partition coefficient (Wildman–Crippen LogP) is 4.02. The van der Waals surface area contributed by atoms with Crippen LogP contribution in [0, 0.1) is 6.92 Å². The summed E-state index contributed by atoms with van der Waals surface area (Å²) in [5.41, 5.74) is 4.49. The molecule has 0 atom stereocenters. The normalized spacial score (nSPS) is 17.0. The van der Waals surface area contributed by atoms with Crippen LogP contribution in [0.2, 0.25) is 0 Å². The summed E-state index contributed by atoms with van der Waals surface area (Å²) in [6.07, 6.45) is 13.0. The topological polar surface area (TPSA) is 59.0 Å². The van der Waals surface area contributed by atoms with E-state index in [1.165, 1.54) is 31.3 Å². The maximum absolute atomic E-state index is 12.6. The maximum Gasteiger partial charge on any atom is 0.228 e. The van der Waals surface area contributed by atoms with Crippen LogP contribution in [0.25, 0.3) is 11.4 Å². The van der Waals surface area contributed by atoms with Crippen molar-refractivity contribution in [3.05, 3.63) is 47.4 Å². The van der Waals surface area contributed by atoms with E-state index in [0.29, 0.717) is 18.8 Å². The van der Waals surface area contributed by atoms with Crippen LogP contribution in [0.5, 0.6) is 0 Å². The fourth-order valence-electron chi connectivity index (χ4n) is 3.83. The van der Waals surface area contributed by atoms with Crippen molar-refractivity contribution >= 4 is 11.7 Å². The first-order valence-electron chi connectivity index (χ1n) is 9.48. The second-order valence-corrected chi connectivity index (χ2v) is 7.07. The lowest BCUT2D eigenvalue weighted by atomic mass is 9.96. The molecule has 1 aliphatic carbocycles. The summed E-state index contributed by atoms with van der Waals surface area (Å²) < 4.78 is 0. The number of rotatable bonds is 4. The number of anilines is 1. The molecule has 134 valence electrons. The number of hydrogen-bond acceptors (Lipinski definition) is 4. The van der Waals surface area contributed by atoms with E-state index >= 15 is 0 Å². The molecule has 2 aromatic heterocycles. The zero-order valence-electron chi connectivity index (χ0n) is 15.2. The first-order valence-corrected chi connectivity index (χ1v) is 9.48. The second-order valence-electron chi connectivity index (χ2n) is 7.07. The fraction of sp³-hybridized carbons (Fsp3) is 0.429. The summed E-state index contributed by atoms with van der Waals surface area (Å²) in [7, 11) is 0. The van der Waals surface area contributed by atoms with Crippen LogP contribution in [0.3, 0.4) is 0 Å². The third-order valence-electron chi connectivity index (χ3n) is 5.32. The number of pyridine rings is 1. The molecule has 0 unspecified atom stereocenters. The van der Waals surface area contributed by atoms with Gasteiger partial charge < -0.3 is 0 Å². The zero-order valence-corrected chi connectivity index (χ0v) is 15.2. The molecule has 2 aliphatic rings. The lowest BCUT2D eigenvalue weighted by molar-refractivity contribution is -0.118. The Balaban J connectivity index is 1.66. The van der Waals surface area contributed by atoms with E-state index in [1.807, 2.05) is 24.0 Å². The second kappa shape index (κ2) is 7.36. The van der Waals surface area contributed by atoms with Crippen LogP contribution in [0.15, 0.2) is 36.2 Å². The molecule has 5 nitrogen and oxygen atoms in total. The van der Waals surface area contributed by atoms with Crippen molar-refractivity contribution in [2.75, 3.05) is 11.4 Å². The lowest BCUT2D eigenvalue weighted by Crippen LogP contribution is -2.37. The van der Waals surface area contributed by atoms with Crippen molar-refractivity contribution in [2.45, 2.75) is 51.9 Å². The molecule has 3 heterocycles. The van der Waals surface area contributed by atoms with Crippen LogP contribution in [-0.2, 0) is 11.2 Å². The molecule has 0 bridgehead atoms. The van der Waals surface area contributed by atoms with Crippen LogP contribution >= 0.6 is 0 Å². The first-order chi connectivity index (χ1) is 12.7. The molecule has 0 saturated heterocycles. The molecule has 0 saturated carbocycles. The number of hydrogen-bond donors (Lipinski definition) is 0. The Labute approximate surface area is 154 Å². The van der Waals surface area contributed by atoms with Gasteiger partial charge in [-0.25, -0.2) is 9.97 Å². The van der Waals surface area contributed by atoms with Crippen molar-refractivity contribution in [3.8, 4) is 11.4 Å². The highest BCUT2D eigenvalue weighted by molar-refractivity contribution is 5.95. The summed E-state index contributed by atoms with van der Waals surface area (Å²) >= 11 is 0. The quantitative estimate of drug-likeness (QED) is 0.783. The van der Waals surface area contributed by atoms with E-state index in [9.17, 15) is 4.79 Å². The Morgan fingerprint density at radius 3 is 2.69 bits per heavy atom. The number of aromatic nitrogens is 3. The summed E-state index contributed by atoms with van der Waals surface area (Å²) in [5.74, 6) is 1.64. The predicted molar refractivity (Wildman–Crippen MR) is 102 cm³/mol. The molecule has 0 aromatic carbocycles. The van der Waals surface area contributed by atoms with Gasteiger partial charge in [0, 0.05) is 42.2 Å². The molecule has 26 heavy (non-hydrogen) atoms. The Hall–Kier alpha value is -2.56. The highest BCUT2D eigenvalue weighted by Gasteiger charge is 2.28. The SMILES string of the molecule is Cc1nc(-c2ccncc2)nc2c1CCC(=O)N2CCC1=CCCCC1. The molecule has 5 heteroatoms. The smallest absolute Gasteiger partial charge is 0.228 e. The van der Waals surface area contributed by atoms with Gasteiger partial charge in [0.1, 0.15) is 5.82 Å². The van der Waals surface area contributed by atoms with E-state index in [4.69, 9.17) is 4.98 Å². The number of fused-ring (bicyclic) bond motifs is 1. The van der Waals surface area contributed by atoms with E-state index in [1.54, 1.807) is 12.4 Å². The Bertz CT molecular complexity index is 845. The van der Waals surface area contributed by atoms with E-state index < -0.39 is 0 Å². The monoisotopic (exact) mass is 348 g/mol. The number of aryl methyl sites for hydroxylation is 1. The van der Waals surface area contributed by atoms with Crippen LogP contribution in [0.4, 0.5) is 5.82 Å². The van der Waals surface area contributed by atoms with Crippen molar-refractivity contribution in [3.63, 3.8) is 0 Å². The molecule has 1 amide bonds. The number of allylic oxidation sites excluding steroid dienone is 1. The number of carbonyl (C=O) groups excluding carboxylic acids is 1. The van der Waals surface area contributed by atoms with Gasteiger partial charge in [-0.3, -0.25) is 14.7 Å². The van der Waals surface area contributed by atoms with E-state index in [0.717, 1.165) is 35.5 Å². The number of amides is 1. The summed E-state index contributed by atoms with van der Waals surface area (Å²) in [4.78, 5) is 28.0. The van der Waals surface area contributed by atoms with E-state index in [2.05, 4.69) is 16.0 Å². The first kappa shape index (κ1) is 16.9. The average Bonchev–Trinajstić information content (AvgIpc) is 2.68. The van der Waals surface area contributed by atoms with Crippen LogP contribution in [0.1, 0.15) is 49.8 Å². The standard InChI is InChI=1S/C21H24N4O/c1-15-18-7-8-19(26)25(14-11-16-5-3-2-4-6-16)21(18)24-20(23-15)17-9-12-22-13-10-17/h5,9-10,12-13H,2-4,6-8,11,14H2,1H3. The highest BCUT2D eigenvalue weighted by atomic mass is 16.2. The van der Waals surface area contributed by atoms with Crippen molar-refractivity contribution in [1.29, 1.82) is 0 Å². The third kappa shape index (κ3) is 3.39. The lowest BCUT2D eigenvalue weighted by Gasteiger charge is -2.30. The Kier molecular flexibility index (Phi) is 4.78. The molecule has 0 radical (unpaired) electrons. The van der Waals surface area contributed by atoms with Gasteiger partial charge in [-0.05, 0) is 57.6 Å². The van der Waals surface area contributed by atoms with Crippen LogP contribution < -0.4 is 4.90 Å². The molecule has 0 N–H and O–H groups in total. The van der Waals surface area contributed by atoms with Crippen molar-refractivity contribution in [1.82, 2.24) is 15.0 Å². The summed E-state index contributed by atoms with van der Waals surface area (Å²) in [5, 5.41) is 0. The van der Waals surface area contributed by atoms with E-state index in [-0.39, 0.29) is 5.91 Å². The molecular weight excluding hydrogens is 324 g/mol. The minimum Gasteiger partial charge on any atom is -0.296 e. The largest absolute Gasteiger partial charge is 0.296 e. The van der Waals surface area contributed by atoms with Gasteiger partial charge in [0.2, 0.25) is 5.91 Å². The minimum atomic E-state index is 0.174. The molecule has 0 spiro atoms. The molecule has 0 fully saturated rings. The van der Waals surface area contributed by atoms with Crippen molar-refractivity contribution < 1.29 is 4.79 Å². The van der Waals surface area contributed by atoms with Gasteiger partial charge in [-0.1, -0.05) is 11.6 Å². The molecular formula is C21H24N4O. The van der Waals surface area contributed by atoms with Gasteiger partial charge >= 0.3 is 0 Å². The Morgan fingerprint density at radius 1 is 1.08 bits per heavy atom. The number of nitrogens with zero attached hydrogens (tertiary/aromatic N) is 4. The molecule has 2 aromatic rings. The summed E-state index contributed by atoms with van der Waals surface area (Å²) in [6, 6.07) is 3.81. The molecule has 4 rings (SSSR count). The van der Waals surface area contributed by atoms with Crippen LogP contribution in [-0.4, -0.2) is 27.4 Å². The van der Waals surface area contributed by atoms with Crippen molar-refractivity contribution in [2.24, 2.45) is 0 Å². The molecule has 1 aliphatic heterocycles. The van der Waals surface area contributed by atoms with Gasteiger partial charge in [0.15, 0.2) is 5.82 Å². The minimum absolute atomic E-state index is 0.174. The van der Waals surface area contributed by atoms with Gasteiger partial charge in [0.25, 0.3) is 0 Å². The van der Waals surface area contributed by atoms with Gasteiger partial charge in [0.05, 0.1) is 0 Å². The third-order valence-corrected chi connectivity index (χ3v) is 5.32. The summed E-state index contributed by atoms with van der Waals surface area (Å²) in [6.45, 7) is 2.73. The highest BCUT2D eigenvalue weighted by Crippen LogP contribution is 2.31. The average molecular weight is 348 g/mol. The maximum atomic E-state index is 12.6. The Morgan fingerprint density at radius 2 is 1.92 bits per heavy atom. The zero-order chi connectivity index (χ0) is 17.9. The fourth-order valence-corrected chi connectivity index (χ4v) is 3.83. The van der Waals surface area contributed by atoms with Gasteiger partial charge in [-0.15, -0.1) is 0 Å². The van der Waals surface area contributed by atoms with Gasteiger partial charge in [-0.2, -0.15) is 0 Å². The number of carbonyl (C=O) groups is 1.